The van der Waals surface area contributed by atoms with E-state index in [1.54, 1.807) is 12.1 Å². The fraction of sp³-hybridized carbons (Fsp3) is 0.417. The number of amides is 1. The zero-order valence-corrected chi connectivity index (χ0v) is 9.80. The summed E-state index contributed by atoms with van der Waals surface area (Å²) in [7, 11) is 1.48. The van der Waals surface area contributed by atoms with E-state index < -0.39 is 12.1 Å². The number of methoxy groups -OCH3 is 1. The molecular formula is C12H18N2O3. The smallest absolute Gasteiger partial charge is 0.239 e. The molecule has 1 aromatic carbocycles. The second-order valence-electron chi connectivity index (χ2n) is 3.73. The van der Waals surface area contributed by atoms with Gasteiger partial charge in [-0.25, -0.2) is 0 Å². The van der Waals surface area contributed by atoms with Gasteiger partial charge in [-0.15, -0.1) is 0 Å². The largest absolute Gasteiger partial charge is 0.387 e. The number of aliphatic hydroxyl groups excluding tert-OH is 1. The molecule has 0 radical (unpaired) electrons. The molecule has 0 spiro atoms. The van der Waals surface area contributed by atoms with Crippen LogP contribution < -0.4 is 11.1 Å². The summed E-state index contributed by atoms with van der Waals surface area (Å²) >= 11 is 0. The number of nitrogens with one attached hydrogen (secondary N) is 1. The van der Waals surface area contributed by atoms with Crippen LogP contribution in [0, 0.1) is 0 Å². The third-order valence-corrected chi connectivity index (χ3v) is 2.34. The first-order chi connectivity index (χ1) is 8.15. The van der Waals surface area contributed by atoms with Crippen molar-refractivity contribution in [1.82, 2.24) is 5.32 Å². The number of aliphatic hydroxyl groups is 1. The van der Waals surface area contributed by atoms with Gasteiger partial charge < -0.3 is 20.9 Å². The Bertz CT molecular complexity index is 343. The van der Waals surface area contributed by atoms with Gasteiger partial charge in [-0.1, -0.05) is 30.3 Å². The van der Waals surface area contributed by atoms with E-state index in [1.165, 1.54) is 7.11 Å². The van der Waals surface area contributed by atoms with Crippen LogP contribution in [0.5, 0.6) is 0 Å². The predicted octanol–water partition coefficient (Wildman–Crippen LogP) is -0.190. The van der Waals surface area contributed by atoms with Crippen LogP contribution in [-0.2, 0) is 9.53 Å². The summed E-state index contributed by atoms with van der Waals surface area (Å²) < 4.78 is 4.77. The molecule has 0 aliphatic rings. The minimum atomic E-state index is -0.727. The van der Waals surface area contributed by atoms with Crippen LogP contribution in [0.3, 0.4) is 0 Å². The first-order valence-corrected chi connectivity index (χ1v) is 5.40. The van der Waals surface area contributed by atoms with E-state index in [0.717, 1.165) is 5.56 Å². The Balaban J connectivity index is 2.38. The fourth-order valence-corrected chi connectivity index (χ4v) is 1.38. The molecule has 2 atom stereocenters. The van der Waals surface area contributed by atoms with Gasteiger partial charge in [0.2, 0.25) is 5.91 Å². The molecule has 5 heteroatoms. The van der Waals surface area contributed by atoms with Crippen LogP contribution in [0.25, 0.3) is 0 Å². The highest BCUT2D eigenvalue weighted by Crippen LogP contribution is 2.10. The average Bonchev–Trinajstić information content (AvgIpc) is 2.36. The van der Waals surface area contributed by atoms with Gasteiger partial charge in [0, 0.05) is 13.7 Å². The quantitative estimate of drug-likeness (QED) is 0.641. The SMILES string of the molecule is COCC(N)C(=O)NCC(O)c1ccccc1. The van der Waals surface area contributed by atoms with Crippen LogP contribution in [0.15, 0.2) is 30.3 Å². The minimum absolute atomic E-state index is 0.139. The lowest BCUT2D eigenvalue weighted by Crippen LogP contribution is -2.44. The number of rotatable bonds is 6. The van der Waals surface area contributed by atoms with Gasteiger partial charge in [0.15, 0.2) is 0 Å². The maximum absolute atomic E-state index is 11.4. The van der Waals surface area contributed by atoms with Gasteiger partial charge in [0.05, 0.1) is 12.7 Å². The Kier molecular flexibility index (Phi) is 5.62. The second-order valence-corrected chi connectivity index (χ2v) is 3.73. The second kappa shape index (κ2) is 7.01. The molecule has 0 saturated carbocycles. The van der Waals surface area contributed by atoms with Crippen molar-refractivity contribution in [2.24, 2.45) is 5.73 Å². The van der Waals surface area contributed by atoms with E-state index in [4.69, 9.17) is 10.5 Å². The Labute approximate surface area is 101 Å². The molecule has 94 valence electrons. The van der Waals surface area contributed by atoms with Crippen molar-refractivity contribution < 1.29 is 14.6 Å². The summed E-state index contributed by atoms with van der Waals surface area (Å²) in [4.78, 5) is 11.4. The van der Waals surface area contributed by atoms with Crippen molar-refractivity contribution in [1.29, 1.82) is 0 Å². The van der Waals surface area contributed by atoms with Crippen molar-refractivity contribution in [3.05, 3.63) is 35.9 Å². The Morgan fingerprint density at radius 1 is 1.47 bits per heavy atom. The molecular weight excluding hydrogens is 220 g/mol. The van der Waals surface area contributed by atoms with E-state index in [9.17, 15) is 9.90 Å². The molecule has 1 amide bonds. The number of nitrogens with two attached hydrogens (primary N) is 1. The van der Waals surface area contributed by atoms with Gasteiger partial charge in [-0.2, -0.15) is 0 Å². The number of carbonyl (C=O) groups excluding carboxylic acids is 1. The first kappa shape index (κ1) is 13.6. The number of benzene rings is 1. The standard InChI is InChI=1S/C12H18N2O3/c1-17-8-10(13)12(16)14-7-11(15)9-5-3-2-4-6-9/h2-6,10-11,15H,7-8,13H2,1H3,(H,14,16). The predicted molar refractivity (Wildman–Crippen MR) is 64.3 cm³/mol. The summed E-state index contributed by atoms with van der Waals surface area (Å²) in [6, 6.07) is 8.41. The molecule has 0 aliphatic heterocycles. The van der Waals surface area contributed by atoms with Gasteiger partial charge in [0.25, 0.3) is 0 Å². The van der Waals surface area contributed by atoms with Gasteiger partial charge in [-0.05, 0) is 5.56 Å². The van der Waals surface area contributed by atoms with Crippen molar-refractivity contribution in [2.45, 2.75) is 12.1 Å². The number of carbonyl (C=O) groups is 1. The summed E-state index contributed by atoms with van der Waals surface area (Å²) in [6.07, 6.45) is -0.727. The summed E-state index contributed by atoms with van der Waals surface area (Å²) in [5.41, 5.74) is 6.29. The van der Waals surface area contributed by atoms with E-state index >= 15 is 0 Å². The lowest BCUT2D eigenvalue weighted by Gasteiger charge is -2.14. The summed E-state index contributed by atoms with van der Waals surface area (Å²) in [6.45, 7) is 0.299. The van der Waals surface area contributed by atoms with Crippen LogP contribution in [-0.4, -0.2) is 37.3 Å². The molecule has 4 N–H and O–H groups in total. The lowest BCUT2D eigenvalue weighted by molar-refractivity contribution is -0.123. The zero-order valence-electron chi connectivity index (χ0n) is 9.80. The molecule has 2 unspecified atom stereocenters. The normalized spacial score (nSPS) is 14.1. The number of hydrogen-bond acceptors (Lipinski definition) is 4. The van der Waals surface area contributed by atoms with E-state index in [2.05, 4.69) is 5.32 Å². The molecule has 5 nitrogen and oxygen atoms in total. The molecule has 0 heterocycles. The lowest BCUT2D eigenvalue weighted by atomic mass is 10.1. The maximum atomic E-state index is 11.4. The molecule has 0 saturated heterocycles. The molecule has 0 bridgehead atoms. The highest BCUT2D eigenvalue weighted by molar-refractivity contribution is 5.81. The van der Waals surface area contributed by atoms with Crippen LogP contribution >= 0.6 is 0 Å². The fourth-order valence-electron chi connectivity index (χ4n) is 1.38. The van der Waals surface area contributed by atoms with Gasteiger partial charge in [-0.3, -0.25) is 4.79 Å². The van der Waals surface area contributed by atoms with Crippen molar-refractivity contribution in [2.75, 3.05) is 20.3 Å². The van der Waals surface area contributed by atoms with Gasteiger partial charge in [0.1, 0.15) is 6.04 Å². The zero-order chi connectivity index (χ0) is 12.7. The molecule has 17 heavy (non-hydrogen) atoms. The molecule has 0 fully saturated rings. The Morgan fingerprint density at radius 3 is 2.71 bits per heavy atom. The summed E-state index contributed by atoms with van der Waals surface area (Å²) in [5.74, 6) is -0.332. The number of hydrogen-bond donors (Lipinski definition) is 3. The van der Waals surface area contributed by atoms with Crippen molar-refractivity contribution in [3.63, 3.8) is 0 Å². The number of ether oxygens (including phenoxy) is 1. The highest BCUT2D eigenvalue weighted by atomic mass is 16.5. The topological polar surface area (TPSA) is 84.6 Å². The van der Waals surface area contributed by atoms with E-state index in [-0.39, 0.29) is 19.1 Å². The minimum Gasteiger partial charge on any atom is -0.387 e. The monoisotopic (exact) mass is 238 g/mol. The third kappa shape index (κ3) is 4.52. The molecule has 1 rings (SSSR count). The highest BCUT2D eigenvalue weighted by Gasteiger charge is 2.14. The molecule has 0 aliphatic carbocycles. The van der Waals surface area contributed by atoms with E-state index in [0.29, 0.717) is 0 Å². The van der Waals surface area contributed by atoms with Crippen molar-refractivity contribution in [3.8, 4) is 0 Å². The maximum Gasteiger partial charge on any atom is 0.239 e. The first-order valence-electron chi connectivity index (χ1n) is 5.40. The Hall–Kier alpha value is -1.43. The van der Waals surface area contributed by atoms with E-state index in [1.807, 2.05) is 18.2 Å². The van der Waals surface area contributed by atoms with Crippen molar-refractivity contribution >= 4 is 5.91 Å². The van der Waals surface area contributed by atoms with Gasteiger partial charge >= 0.3 is 0 Å². The summed E-state index contributed by atoms with van der Waals surface area (Å²) in [5, 5.41) is 12.4. The Morgan fingerprint density at radius 2 is 2.12 bits per heavy atom. The molecule has 0 aromatic heterocycles. The molecule has 1 aromatic rings. The van der Waals surface area contributed by atoms with Crippen LogP contribution in [0.2, 0.25) is 0 Å². The van der Waals surface area contributed by atoms with Crippen LogP contribution in [0.1, 0.15) is 11.7 Å². The average molecular weight is 238 g/mol. The van der Waals surface area contributed by atoms with Crippen LogP contribution in [0.4, 0.5) is 0 Å². The third-order valence-electron chi connectivity index (χ3n) is 2.34.